The van der Waals surface area contributed by atoms with Crippen LogP contribution in [0.15, 0.2) is 42.6 Å². The molecule has 1 aromatic heterocycles. The van der Waals surface area contributed by atoms with E-state index in [1.165, 1.54) is 4.90 Å². The molecule has 2 unspecified atom stereocenters. The molecular formula is C27H31N3O4Si. The Morgan fingerprint density at radius 3 is 2.57 bits per heavy atom. The molecule has 5 rings (SSSR count). The third kappa shape index (κ3) is 3.33. The summed E-state index contributed by atoms with van der Waals surface area (Å²) in [5.41, 5.74) is -0.369. The largest absolute Gasteiger partial charge is 0.417 e. The first-order valence-corrected chi connectivity index (χ1v) is 15.0. The Balaban J connectivity index is 1.50. The topological polar surface area (TPSA) is 92.5 Å². The van der Waals surface area contributed by atoms with Crippen molar-refractivity contribution >= 4 is 36.7 Å². The highest BCUT2D eigenvalue weighted by Gasteiger charge is 2.72. The summed E-state index contributed by atoms with van der Waals surface area (Å²) in [6, 6.07) is 8.97. The number of nitrogens with zero attached hydrogens (tertiary/aromatic N) is 3. The molecule has 7 nitrogen and oxygen atoms in total. The van der Waals surface area contributed by atoms with Crippen molar-refractivity contribution in [3.05, 3.63) is 48.2 Å². The fourth-order valence-corrected chi connectivity index (χ4v) is 6.56. The van der Waals surface area contributed by atoms with Crippen molar-refractivity contribution in [3.63, 3.8) is 0 Å². The number of carbonyl (C=O) groups excluding carboxylic acids is 2. The minimum Gasteiger partial charge on any atom is -0.417 e. The van der Waals surface area contributed by atoms with Gasteiger partial charge in [-0.05, 0) is 49.3 Å². The van der Waals surface area contributed by atoms with Crippen molar-refractivity contribution in [2.45, 2.75) is 63.5 Å². The van der Waals surface area contributed by atoms with Crippen molar-refractivity contribution in [1.29, 1.82) is 5.26 Å². The molecule has 3 aliphatic heterocycles. The summed E-state index contributed by atoms with van der Waals surface area (Å²) in [7, 11) is -1.97. The predicted molar refractivity (Wildman–Crippen MR) is 135 cm³/mol. The second kappa shape index (κ2) is 7.57. The van der Waals surface area contributed by atoms with E-state index in [9.17, 15) is 14.9 Å². The van der Waals surface area contributed by atoms with Gasteiger partial charge in [-0.1, -0.05) is 32.9 Å². The molecule has 182 valence electrons. The summed E-state index contributed by atoms with van der Waals surface area (Å²) in [4.78, 5) is 33.3. The number of carbonyl (C=O) groups is 2. The zero-order chi connectivity index (χ0) is 25.4. The second-order valence-corrected chi connectivity index (χ2v) is 16.4. The van der Waals surface area contributed by atoms with Gasteiger partial charge in [-0.3, -0.25) is 14.6 Å². The van der Waals surface area contributed by atoms with E-state index in [4.69, 9.17) is 9.16 Å². The molecule has 8 heteroatoms. The summed E-state index contributed by atoms with van der Waals surface area (Å²) < 4.78 is 12.9. The molecule has 3 aliphatic rings. The van der Waals surface area contributed by atoms with Gasteiger partial charge in [0, 0.05) is 24.6 Å². The van der Waals surface area contributed by atoms with Crippen LogP contribution in [0.2, 0.25) is 18.1 Å². The highest BCUT2D eigenvalue weighted by molar-refractivity contribution is 6.74. The van der Waals surface area contributed by atoms with Crippen molar-refractivity contribution in [2.75, 3.05) is 11.5 Å². The molecule has 0 saturated carbocycles. The third-order valence-corrected chi connectivity index (χ3v) is 13.0. The number of pyridine rings is 1. The van der Waals surface area contributed by atoms with Crippen molar-refractivity contribution in [3.8, 4) is 6.07 Å². The molecule has 4 heterocycles. The van der Waals surface area contributed by atoms with E-state index < -0.39 is 31.4 Å². The molecule has 2 aromatic rings. The van der Waals surface area contributed by atoms with Crippen LogP contribution >= 0.6 is 0 Å². The molecule has 0 radical (unpaired) electrons. The number of hydrogen-bond donors (Lipinski definition) is 0. The van der Waals surface area contributed by atoms with Crippen molar-refractivity contribution in [1.82, 2.24) is 4.98 Å². The van der Waals surface area contributed by atoms with Gasteiger partial charge in [-0.25, -0.2) is 4.90 Å². The number of ether oxygens (including phenoxy) is 1. The Kier molecular flexibility index (Phi) is 5.16. The Morgan fingerprint density at radius 1 is 1.17 bits per heavy atom. The smallest absolute Gasteiger partial charge is 0.241 e. The fourth-order valence-electron chi connectivity index (χ4n) is 5.51. The number of amides is 2. The van der Waals surface area contributed by atoms with Crippen LogP contribution in [0.5, 0.6) is 0 Å². The van der Waals surface area contributed by atoms with Crippen LogP contribution in [-0.4, -0.2) is 42.9 Å². The lowest BCUT2D eigenvalue weighted by Gasteiger charge is -2.37. The molecule has 4 atom stereocenters. The molecule has 35 heavy (non-hydrogen) atoms. The molecule has 2 fully saturated rings. The van der Waals surface area contributed by atoms with Gasteiger partial charge < -0.3 is 9.16 Å². The number of benzene rings is 1. The molecular weight excluding hydrogens is 458 g/mol. The van der Waals surface area contributed by atoms with Crippen LogP contribution in [0.1, 0.15) is 39.7 Å². The maximum Gasteiger partial charge on any atom is 0.241 e. The van der Waals surface area contributed by atoms with Gasteiger partial charge in [0.25, 0.3) is 0 Å². The fraction of sp³-hybridized carbons (Fsp3) is 0.481. The summed E-state index contributed by atoms with van der Waals surface area (Å²) in [5.74, 6) is -1.75. The van der Waals surface area contributed by atoms with Gasteiger partial charge in [0.2, 0.25) is 11.8 Å². The van der Waals surface area contributed by atoms with E-state index in [1.54, 1.807) is 30.5 Å². The lowest BCUT2D eigenvalue weighted by Crippen LogP contribution is -2.44. The number of hydrogen-bond acceptors (Lipinski definition) is 6. The predicted octanol–water partition coefficient (Wildman–Crippen LogP) is 4.72. The normalized spacial score (nSPS) is 29.8. The Hall–Kier alpha value is -2.86. The third-order valence-electron chi connectivity index (χ3n) is 8.43. The van der Waals surface area contributed by atoms with Gasteiger partial charge in [0.15, 0.2) is 8.32 Å². The van der Waals surface area contributed by atoms with Gasteiger partial charge >= 0.3 is 0 Å². The maximum absolute atomic E-state index is 13.9. The van der Waals surface area contributed by atoms with Gasteiger partial charge in [-0.2, -0.15) is 5.26 Å². The summed E-state index contributed by atoms with van der Waals surface area (Å²) in [6.45, 7) is 13.3. The minimum absolute atomic E-state index is 0.0738. The average molecular weight is 490 g/mol. The summed E-state index contributed by atoms with van der Waals surface area (Å²) >= 11 is 0. The average Bonchev–Trinajstić information content (AvgIpc) is 3.37. The van der Waals surface area contributed by atoms with E-state index in [-0.39, 0.29) is 16.9 Å². The first-order valence-electron chi connectivity index (χ1n) is 12.1. The standard InChI is InChI=1S/C27H31N3O4Si/c1-25(2,3)35(5,6)33-15-13-27-12-11-26(4,34-27)20-21(27)24(32)30(23(20)31)19-10-9-17(16-28)22-18(19)8-7-14-29-22/h7-12,14,20-21H,13,15H2,1-6H3/t20-,21+,26?,27?/m1/s1. The zero-order valence-corrected chi connectivity index (χ0v) is 22.1. The second-order valence-electron chi connectivity index (χ2n) is 11.5. The number of anilines is 1. The molecule has 1 aromatic carbocycles. The van der Waals surface area contributed by atoms with Gasteiger partial charge in [0.1, 0.15) is 11.7 Å². The molecule has 0 N–H and O–H groups in total. The molecule has 2 amide bonds. The van der Waals surface area contributed by atoms with Crippen LogP contribution < -0.4 is 4.90 Å². The van der Waals surface area contributed by atoms with E-state index in [2.05, 4.69) is 44.9 Å². The van der Waals surface area contributed by atoms with Crippen LogP contribution in [0.4, 0.5) is 5.69 Å². The van der Waals surface area contributed by atoms with Crippen LogP contribution in [0, 0.1) is 23.2 Å². The Morgan fingerprint density at radius 2 is 1.89 bits per heavy atom. The molecule has 0 spiro atoms. The number of aromatic nitrogens is 1. The Labute approximate surface area is 206 Å². The van der Waals surface area contributed by atoms with Crippen molar-refractivity contribution < 1.29 is 18.8 Å². The molecule has 2 bridgehead atoms. The highest BCUT2D eigenvalue weighted by Crippen LogP contribution is 2.59. The van der Waals surface area contributed by atoms with Gasteiger partial charge in [-0.15, -0.1) is 0 Å². The summed E-state index contributed by atoms with van der Waals surface area (Å²) in [6.07, 6.45) is 6.02. The lowest BCUT2D eigenvalue weighted by atomic mass is 9.71. The van der Waals surface area contributed by atoms with Gasteiger partial charge in [0.05, 0.1) is 34.2 Å². The quantitative estimate of drug-likeness (QED) is 0.343. The first-order chi connectivity index (χ1) is 16.4. The van der Waals surface area contributed by atoms with E-state index in [0.29, 0.717) is 35.2 Å². The zero-order valence-electron chi connectivity index (χ0n) is 21.1. The number of rotatable bonds is 5. The minimum atomic E-state index is -1.97. The summed E-state index contributed by atoms with van der Waals surface area (Å²) in [5, 5.41) is 10.2. The number of fused-ring (bicyclic) bond motifs is 6. The first kappa shape index (κ1) is 23.9. The SMILES string of the molecule is CC12C=CC(CCO[Si](C)(C)C(C)(C)C)(O1)[C@@H]1C(=O)N(c3ccc(C#N)c4ncccc34)C(=O)[C@@H]12. The van der Waals surface area contributed by atoms with Crippen LogP contribution in [0.3, 0.4) is 0 Å². The molecule has 0 aliphatic carbocycles. The maximum atomic E-state index is 13.9. The van der Waals surface area contributed by atoms with Crippen LogP contribution in [-0.2, 0) is 18.8 Å². The Bertz CT molecular complexity index is 1320. The van der Waals surface area contributed by atoms with E-state index in [0.717, 1.165) is 0 Å². The van der Waals surface area contributed by atoms with Crippen LogP contribution in [0.25, 0.3) is 10.9 Å². The van der Waals surface area contributed by atoms with E-state index >= 15 is 0 Å². The lowest BCUT2D eigenvalue weighted by molar-refractivity contribution is -0.129. The van der Waals surface area contributed by atoms with E-state index in [1.807, 2.05) is 19.1 Å². The number of imide groups is 1. The molecule has 2 saturated heterocycles. The number of nitriles is 1. The van der Waals surface area contributed by atoms with Crippen molar-refractivity contribution in [2.24, 2.45) is 11.8 Å². The monoisotopic (exact) mass is 489 g/mol. The highest BCUT2D eigenvalue weighted by atomic mass is 28.4.